The lowest BCUT2D eigenvalue weighted by Gasteiger charge is -2.07. The topological polar surface area (TPSA) is 79.0 Å². The van der Waals surface area contributed by atoms with E-state index in [-0.39, 0.29) is 5.22 Å². The monoisotopic (exact) mass is 327 g/mol. The van der Waals surface area contributed by atoms with E-state index < -0.39 is 11.2 Å². The lowest BCUT2D eigenvalue weighted by molar-refractivity contribution is -0.304. The average molecular weight is 328 g/mol. The van der Waals surface area contributed by atoms with Gasteiger partial charge in [-0.15, -0.1) is 10.2 Å². The van der Waals surface area contributed by atoms with Gasteiger partial charge in [0.15, 0.2) is 0 Å². The van der Waals surface area contributed by atoms with Crippen LogP contribution in [-0.4, -0.2) is 21.4 Å². The minimum Gasteiger partial charge on any atom is -0.549 e. The Morgan fingerprint density at radius 3 is 2.67 bits per heavy atom. The fourth-order valence-corrected chi connectivity index (χ4v) is 2.04. The van der Waals surface area contributed by atoms with Crippen LogP contribution in [0.1, 0.15) is 6.92 Å². The second-order valence-corrected chi connectivity index (χ2v) is 5.67. The van der Waals surface area contributed by atoms with Gasteiger partial charge >= 0.3 is 0 Å². The molecule has 0 aliphatic carbocycles. The number of benzene rings is 1. The van der Waals surface area contributed by atoms with Crippen LogP contribution >= 0.6 is 27.7 Å². The molecule has 0 amide bonds. The standard InChI is InChI=1S/C11H9BrN2O3S/c1-6(10(15)16)18-11-14-13-9(17-11)7-2-4-8(12)5-3-7/h2-6H,1H3,(H,15,16)/p-1/t6-/m0/s1. The van der Waals surface area contributed by atoms with Gasteiger partial charge in [-0.2, -0.15) is 0 Å². The molecule has 0 fully saturated rings. The molecule has 0 aliphatic rings. The highest BCUT2D eigenvalue weighted by Crippen LogP contribution is 2.26. The van der Waals surface area contributed by atoms with Crippen LogP contribution in [0, 0.1) is 0 Å². The third-order valence-electron chi connectivity index (χ3n) is 2.11. The number of rotatable bonds is 4. The van der Waals surface area contributed by atoms with Crippen LogP contribution in [0.4, 0.5) is 0 Å². The van der Waals surface area contributed by atoms with Crippen LogP contribution in [0.25, 0.3) is 11.5 Å². The lowest BCUT2D eigenvalue weighted by Crippen LogP contribution is -2.31. The minimum atomic E-state index is -1.16. The first kappa shape index (κ1) is 13.1. The van der Waals surface area contributed by atoms with Crippen molar-refractivity contribution in [1.82, 2.24) is 10.2 Å². The summed E-state index contributed by atoms with van der Waals surface area (Å²) in [5, 5.41) is 17.7. The molecule has 94 valence electrons. The molecule has 0 spiro atoms. The van der Waals surface area contributed by atoms with E-state index in [0.717, 1.165) is 21.8 Å². The Morgan fingerprint density at radius 1 is 1.39 bits per heavy atom. The molecular formula is C11H8BrN2O3S-. The maximum absolute atomic E-state index is 10.6. The fourth-order valence-electron chi connectivity index (χ4n) is 1.17. The number of carboxylic acids is 1. The predicted molar refractivity (Wildman–Crippen MR) is 67.8 cm³/mol. The van der Waals surface area contributed by atoms with Gasteiger partial charge in [-0.3, -0.25) is 0 Å². The van der Waals surface area contributed by atoms with Crippen molar-refractivity contribution in [3.05, 3.63) is 28.7 Å². The molecule has 0 aliphatic heterocycles. The van der Waals surface area contributed by atoms with Crippen LogP contribution in [-0.2, 0) is 4.79 Å². The van der Waals surface area contributed by atoms with Gasteiger partial charge in [0.25, 0.3) is 5.22 Å². The molecule has 2 aromatic rings. The second-order valence-electron chi connectivity index (χ2n) is 3.46. The molecule has 0 saturated carbocycles. The number of halogens is 1. The Hall–Kier alpha value is -1.34. The van der Waals surface area contributed by atoms with Crippen molar-refractivity contribution in [2.75, 3.05) is 0 Å². The molecule has 0 unspecified atom stereocenters. The number of carbonyl (C=O) groups is 1. The summed E-state index contributed by atoms with van der Waals surface area (Å²) in [7, 11) is 0. The molecule has 1 heterocycles. The normalized spacial score (nSPS) is 12.3. The number of hydrogen-bond acceptors (Lipinski definition) is 6. The van der Waals surface area contributed by atoms with Crippen LogP contribution in [0.5, 0.6) is 0 Å². The molecule has 1 aromatic heterocycles. The summed E-state index contributed by atoms with van der Waals surface area (Å²) in [6.45, 7) is 1.50. The van der Waals surface area contributed by atoms with Crippen LogP contribution in [0.15, 0.2) is 38.4 Å². The second kappa shape index (κ2) is 5.53. The number of carboxylic acid groups (broad SMARTS) is 1. The highest BCUT2D eigenvalue weighted by Gasteiger charge is 2.13. The molecule has 0 N–H and O–H groups in total. The van der Waals surface area contributed by atoms with Gasteiger partial charge in [-0.1, -0.05) is 27.7 Å². The Kier molecular flexibility index (Phi) is 4.03. The summed E-state index contributed by atoms with van der Waals surface area (Å²) in [4.78, 5) is 10.6. The first-order chi connectivity index (χ1) is 8.56. The highest BCUT2D eigenvalue weighted by molar-refractivity contribution is 9.10. The summed E-state index contributed by atoms with van der Waals surface area (Å²) in [5.41, 5.74) is 0.777. The Morgan fingerprint density at radius 2 is 2.06 bits per heavy atom. The van der Waals surface area contributed by atoms with Gasteiger partial charge in [0.05, 0.1) is 11.2 Å². The molecule has 1 aromatic carbocycles. The molecule has 0 saturated heterocycles. The Labute approximate surface area is 116 Å². The van der Waals surface area contributed by atoms with Gasteiger partial charge in [-0.25, -0.2) is 0 Å². The SMILES string of the molecule is C[C@H](Sc1nnc(-c2ccc(Br)cc2)o1)C(=O)[O-]. The third-order valence-corrected chi connectivity index (χ3v) is 3.55. The zero-order chi connectivity index (χ0) is 13.1. The smallest absolute Gasteiger partial charge is 0.277 e. The van der Waals surface area contributed by atoms with Crippen molar-refractivity contribution in [1.29, 1.82) is 0 Å². The summed E-state index contributed by atoms with van der Waals surface area (Å²) >= 11 is 4.29. The van der Waals surface area contributed by atoms with E-state index in [1.807, 2.05) is 24.3 Å². The Bertz CT molecular complexity index is 556. The van der Waals surface area contributed by atoms with Gasteiger partial charge in [0.1, 0.15) is 0 Å². The van der Waals surface area contributed by atoms with Crippen molar-refractivity contribution in [3.8, 4) is 11.5 Å². The summed E-state index contributed by atoms with van der Waals surface area (Å²) in [5.74, 6) is -0.807. The van der Waals surface area contributed by atoms with Gasteiger partial charge < -0.3 is 14.3 Å². The molecule has 18 heavy (non-hydrogen) atoms. The van der Waals surface area contributed by atoms with E-state index >= 15 is 0 Å². The first-order valence-corrected chi connectivity index (χ1v) is 6.70. The van der Waals surface area contributed by atoms with Crippen molar-refractivity contribution in [2.45, 2.75) is 17.4 Å². The number of hydrogen-bond donors (Lipinski definition) is 0. The van der Waals surface area contributed by atoms with E-state index in [1.165, 1.54) is 6.92 Å². The van der Waals surface area contributed by atoms with E-state index in [9.17, 15) is 9.90 Å². The van der Waals surface area contributed by atoms with Crippen molar-refractivity contribution in [3.63, 3.8) is 0 Å². The fraction of sp³-hybridized carbons (Fsp3) is 0.182. The quantitative estimate of drug-likeness (QED) is 0.796. The van der Waals surface area contributed by atoms with Crippen molar-refractivity contribution < 1.29 is 14.3 Å². The number of nitrogens with zero attached hydrogens (tertiary/aromatic N) is 2. The average Bonchev–Trinajstić information content (AvgIpc) is 2.78. The summed E-state index contributed by atoms with van der Waals surface area (Å²) in [6.07, 6.45) is 0. The molecule has 1 atom stereocenters. The maximum atomic E-state index is 10.6. The molecule has 2 rings (SSSR count). The van der Waals surface area contributed by atoms with Gasteiger partial charge in [-0.05, 0) is 31.2 Å². The largest absolute Gasteiger partial charge is 0.549 e. The minimum absolute atomic E-state index is 0.213. The van der Waals surface area contributed by atoms with Crippen LogP contribution in [0.2, 0.25) is 0 Å². The predicted octanol–water partition coefficient (Wildman–Crippen LogP) is 1.73. The summed E-state index contributed by atoms with van der Waals surface area (Å²) in [6, 6.07) is 7.37. The van der Waals surface area contributed by atoms with E-state index in [1.54, 1.807) is 0 Å². The van der Waals surface area contributed by atoms with Crippen LogP contribution < -0.4 is 5.11 Å². The lowest BCUT2D eigenvalue weighted by atomic mass is 10.2. The van der Waals surface area contributed by atoms with Crippen LogP contribution in [0.3, 0.4) is 0 Å². The Balaban J connectivity index is 2.15. The van der Waals surface area contributed by atoms with E-state index in [0.29, 0.717) is 5.89 Å². The number of thioether (sulfide) groups is 1. The summed E-state index contributed by atoms with van der Waals surface area (Å²) < 4.78 is 6.31. The number of aliphatic carboxylic acids is 1. The molecule has 0 radical (unpaired) electrons. The van der Waals surface area contributed by atoms with Crippen molar-refractivity contribution >= 4 is 33.7 Å². The van der Waals surface area contributed by atoms with E-state index in [2.05, 4.69) is 26.1 Å². The molecular weight excluding hydrogens is 320 g/mol. The first-order valence-electron chi connectivity index (χ1n) is 5.03. The maximum Gasteiger partial charge on any atom is 0.277 e. The molecule has 0 bridgehead atoms. The zero-order valence-corrected chi connectivity index (χ0v) is 11.7. The zero-order valence-electron chi connectivity index (χ0n) is 9.29. The van der Waals surface area contributed by atoms with Crippen molar-refractivity contribution in [2.24, 2.45) is 0 Å². The molecule has 5 nitrogen and oxygen atoms in total. The number of aromatic nitrogens is 2. The van der Waals surface area contributed by atoms with E-state index in [4.69, 9.17) is 4.42 Å². The molecule has 7 heteroatoms. The highest BCUT2D eigenvalue weighted by atomic mass is 79.9. The number of carbonyl (C=O) groups excluding carboxylic acids is 1. The third kappa shape index (κ3) is 3.11. The van der Waals surface area contributed by atoms with Gasteiger partial charge in [0, 0.05) is 10.0 Å². The van der Waals surface area contributed by atoms with Gasteiger partial charge in [0.2, 0.25) is 5.89 Å².